The van der Waals surface area contributed by atoms with E-state index in [2.05, 4.69) is 9.83 Å². The largest absolute Gasteiger partial charge is 0.480 e. The number of hydrogen-bond acceptors (Lipinski definition) is 8. The number of rotatable bonds is 9. The molecular weight excluding hydrogens is 580 g/mol. The zero-order valence-corrected chi connectivity index (χ0v) is 25.3. The maximum absolute atomic E-state index is 14.1. The summed E-state index contributed by atoms with van der Waals surface area (Å²) in [6, 6.07) is 7.44. The van der Waals surface area contributed by atoms with Gasteiger partial charge in [0.2, 0.25) is 12.4 Å². The van der Waals surface area contributed by atoms with Crippen molar-refractivity contribution < 1.29 is 23.8 Å². The van der Waals surface area contributed by atoms with E-state index in [0.717, 1.165) is 15.7 Å². The lowest BCUT2D eigenvalue weighted by Gasteiger charge is -2.30. The molecule has 0 saturated carbocycles. The molecule has 5 rings (SSSR count). The Morgan fingerprint density at radius 3 is 2.64 bits per heavy atom. The first kappa shape index (κ1) is 31.2. The summed E-state index contributed by atoms with van der Waals surface area (Å²) in [5.41, 5.74) is -1.23. The van der Waals surface area contributed by atoms with Gasteiger partial charge in [-0.15, -0.1) is 11.3 Å². The number of carboxylic acid groups (broad SMARTS) is 1. The monoisotopic (exact) mass is 612 g/mol. The van der Waals surface area contributed by atoms with Crippen LogP contribution in [-0.4, -0.2) is 44.5 Å². The SMILES string of the molecule is S.[C-]#[N+]Cc1ccccc1[C@@H](Cn1c(=O)n(C(C)(C)C(=O)O)c(=O)c2c(C)c(-c3ncco3)sc21)OC1CCOCC1. The Bertz CT molecular complexity index is 1740. The topological polar surface area (TPSA) is 130 Å². The van der Waals surface area contributed by atoms with Crippen LogP contribution < -0.4 is 11.2 Å². The van der Waals surface area contributed by atoms with Crippen LogP contribution in [0.3, 0.4) is 0 Å². The van der Waals surface area contributed by atoms with Crippen LogP contribution >= 0.6 is 24.8 Å². The molecule has 4 aromatic rings. The van der Waals surface area contributed by atoms with Gasteiger partial charge in [0.1, 0.15) is 22.7 Å². The number of carboxylic acids is 1. The normalized spacial score (nSPS) is 14.8. The summed E-state index contributed by atoms with van der Waals surface area (Å²) < 4.78 is 19.8. The predicted octanol–water partition coefficient (Wildman–Crippen LogP) is 4.48. The number of thiophene rings is 1. The highest BCUT2D eigenvalue weighted by Crippen LogP contribution is 2.37. The number of benzene rings is 1. The van der Waals surface area contributed by atoms with Crippen molar-refractivity contribution in [3.8, 4) is 10.8 Å². The minimum Gasteiger partial charge on any atom is -0.480 e. The summed E-state index contributed by atoms with van der Waals surface area (Å²) in [4.78, 5) is 49.0. The molecule has 1 saturated heterocycles. The Hall–Kier alpha value is -3.70. The smallest absolute Gasteiger partial charge is 0.333 e. The molecule has 11 nitrogen and oxygen atoms in total. The number of nitrogens with zero attached hydrogens (tertiary/aromatic N) is 4. The Labute approximate surface area is 252 Å². The van der Waals surface area contributed by atoms with Gasteiger partial charge in [-0.25, -0.2) is 25.7 Å². The molecule has 0 aliphatic carbocycles. The van der Waals surface area contributed by atoms with Crippen LogP contribution in [0.5, 0.6) is 0 Å². The molecule has 1 aliphatic rings. The molecule has 1 aromatic carbocycles. The standard InChI is InChI=1S/C29H30N4O7S.H2S/c1-17-22-25(34)33(29(2,3)27(35)36)28(37)32(26(22)41-23(17)24-31-11-14-39-24)16-21(40-19-9-12-38-13-10-19)20-8-6-5-7-18(20)15-30-4;/h5-8,11,14,19,21H,9-10,12-13,15-16H2,1-3H3,(H,35,36);1H2/t21-;/m1./s1. The summed E-state index contributed by atoms with van der Waals surface area (Å²) in [7, 11) is 0. The molecule has 0 bridgehead atoms. The van der Waals surface area contributed by atoms with E-state index in [0.29, 0.717) is 47.2 Å². The summed E-state index contributed by atoms with van der Waals surface area (Å²) >= 11 is 1.18. The Morgan fingerprint density at radius 2 is 2.00 bits per heavy atom. The van der Waals surface area contributed by atoms with Gasteiger partial charge in [0.05, 0.1) is 29.1 Å². The molecule has 1 fully saturated rings. The minimum atomic E-state index is -1.83. The van der Waals surface area contributed by atoms with Gasteiger partial charge in [0, 0.05) is 18.8 Å². The second-order valence-electron chi connectivity index (χ2n) is 10.4. The fourth-order valence-electron chi connectivity index (χ4n) is 5.14. The highest BCUT2D eigenvalue weighted by molar-refractivity contribution is 7.59. The maximum Gasteiger partial charge on any atom is 0.333 e. The number of carbonyl (C=O) groups is 1. The number of aryl methyl sites for hydroxylation is 1. The van der Waals surface area contributed by atoms with E-state index < -0.39 is 28.9 Å². The highest BCUT2D eigenvalue weighted by atomic mass is 32.1. The summed E-state index contributed by atoms with van der Waals surface area (Å²) in [5.74, 6) is -1.02. The molecule has 42 heavy (non-hydrogen) atoms. The van der Waals surface area contributed by atoms with Crippen LogP contribution in [0.1, 0.15) is 49.5 Å². The molecule has 0 radical (unpaired) electrons. The lowest BCUT2D eigenvalue weighted by molar-refractivity contribution is -0.146. The minimum absolute atomic E-state index is 0. The number of ether oxygens (including phenoxy) is 2. The van der Waals surface area contributed by atoms with Gasteiger partial charge < -0.3 is 23.8 Å². The van der Waals surface area contributed by atoms with Crippen molar-refractivity contribution in [1.29, 1.82) is 0 Å². The molecule has 0 spiro atoms. The van der Waals surface area contributed by atoms with Crippen molar-refractivity contribution in [2.75, 3.05) is 13.2 Å². The van der Waals surface area contributed by atoms with E-state index in [1.54, 1.807) is 6.92 Å². The van der Waals surface area contributed by atoms with Crippen molar-refractivity contribution >= 4 is 41.0 Å². The molecule has 222 valence electrons. The van der Waals surface area contributed by atoms with Crippen LogP contribution in [0.25, 0.3) is 25.8 Å². The Kier molecular flexibility index (Phi) is 9.42. The van der Waals surface area contributed by atoms with E-state index in [1.807, 2.05) is 24.3 Å². The molecule has 13 heteroatoms. The van der Waals surface area contributed by atoms with Gasteiger partial charge in [-0.2, -0.15) is 13.5 Å². The van der Waals surface area contributed by atoms with E-state index in [-0.39, 0.29) is 38.1 Å². The van der Waals surface area contributed by atoms with Crippen molar-refractivity contribution in [3.05, 3.63) is 85.7 Å². The average Bonchev–Trinajstić information content (AvgIpc) is 3.59. The second-order valence-corrected chi connectivity index (χ2v) is 11.4. The Balaban J connectivity index is 0.00000405. The zero-order chi connectivity index (χ0) is 29.3. The van der Waals surface area contributed by atoms with Crippen LogP contribution in [-0.2, 0) is 32.9 Å². The first-order valence-corrected chi connectivity index (χ1v) is 14.0. The number of hydrogen-bond donors (Lipinski definition) is 1. The van der Waals surface area contributed by atoms with Crippen LogP contribution in [0.2, 0.25) is 0 Å². The molecule has 0 unspecified atom stereocenters. The highest BCUT2D eigenvalue weighted by Gasteiger charge is 2.36. The van der Waals surface area contributed by atoms with Gasteiger partial charge >= 0.3 is 11.7 Å². The fraction of sp³-hybridized carbons (Fsp3) is 0.414. The fourth-order valence-corrected chi connectivity index (χ4v) is 6.38. The van der Waals surface area contributed by atoms with E-state index in [1.165, 1.54) is 42.2 Å². The second kappa shape index (κ2) is 12.7. The van der Waals surface area contributed by atoms with Crippen molar-refractivity contribution in [2.24, 2.45) is 0 Å². The van der Waals surface area contributed by atoms with Gasteiger partial charge in [0.15, 0.2) is 0 Å². The Morgan fingerprint density at radius 1 is 1.29 bits per heavy atom. The van der Waals surface area contributed by atoms with E-state index in [9.17, 15) is 19.5 Å². The predicted molar refractivity (Wildman–Crippen MR) is 162 cm³/mol. The third-order valence-electron chi connectivity index (χ3n) is 7.45. The maximum atomic E-state index is 14.1. The molecule has 4 heterocycles. The molecule has 1 N–H and O–H groups in total. The summed E-state index contributed by atoms with van der Waals surface area (Å²) in [6.45, 7) is 13.1. The van der Waals surface area contributed by atoms with Crippen LogP contribution in [0.4, 0.5) is 0 Å². The number of fused-ring (bicyclic) bond motifs is 1. The van der Waals surface area contributed by atoms with Gasteiger partial charge in [-0.05, 0) is 44.7 Å². The van der Waals surface area contributed by atoms with Crippen molar-refractivity contribution in [1.82, 2.24) is 14.1 Å². The van der Waals surface area contributed by atoms with Gasteiger partial charge in [-0.3, -0.25) is 9.36 Å². The first-order chi connectivity index (χ1) is 19.6. The average molecular weight is 613 g/mol. The first-order valence-electron chi connectivity index (χ1n) is 13.2. The lowest BCUT2D eigenvalue weighted by Crippen LogP contribution is -2.52. The molecule has 1 atom stereocenters. The molecule has 0 amide bonds. The summed E-state index contributed by atoms with van der Waals surface area (Å²) in [5, 5.41) is 10.2. The molecule has 1 aliphatic heterocycles. The van der Waals surface area contributed by atoms with Gasteiger partial charge in [-0.1, -0.05) is 24.3 Å². The van der Waals surface area contributed by atoms with E-state index in [4.69, 9.17) is 20.5 Å². The molecule has 3 aromatic heterocycles. The summed E-state index contributed by atoms with van der Waals surface area (Å²) in [6.07, 6.45) is 3.44. The number of aliphatic carboxylic acids is 1. The van der Waals surface area contributed by atoms with Crippen molar-refractivity contribution in [2.45, 2.75) is 64.4 Å². The lowest BCUT2D eigenvalue weighted by atomic mass is 10.0. The van der Waals surface area contributed by atoms with Crippen molar-refractivity contribution in [3.63, 3.8) is 0 Å². The quantitative estimate of drug-likeness (QED) is 0.274. The molecular formula is C29H32N4O7S2. The zero-order valence-electron chi connectivity index (χ0n) is 23.5. The van der Waals surface area contributed by atoms with E-state index >= 15 is 0 Å². The third kappa shape index (κ3) is 5.67. The van der Waals surface area contributed by atoms with Gasteiger partial charge in [0.25, 0.3) is 5.56 Å². The van der Waals surface area contributed by atoms with Crippen LogP contribution in [0, 0.1) is 13.5 Å². The van der Waals surface area contributed by atoms with Crippen LogP contribution in [0.15, 0.2) is 50.7 Å². The number of oxazole rings is 1. The number of aromatic nitrogens is 3. The third-order valence-corrected chi connectivity index (χ3v) is 8.75.